The molecule has 0 aliphatic rings. The molecule has 0 fully saturated rings. The van der Waals surface area contributed by atoms with E-state index in [9.17, 15) is 4.79 Å². The molecular formula is C21H22N6O. The summed E-state index contributed by atoms with van der Waals surface area (Å²) < 4.78 is 3.73. The molecule has 2 aromatic carbocycles. The fraction of sp³-hybridized carbons (Fsp3) is 0.238. The van der Waals surface area contributed by atoms with E-state index in [1.165, 1.54) is 21.9 Å². The zero-order valence-corrected chi connectivity index (χ0v) is 15.5. The van der Waals surface area contributed by atoms with Crippen molar-refractivity contribution in [3.8, 4) is 0 Å². The molecule has 0 saturated heterocycles. The Labute approximate surface area is 163 Å². The Bertz CT molecular complexity index is 1030. The first-order chi connectivity index (χ1) is 13.8. The van der Waals surface area contributed by atoms with E-state index >= 15 is 0 Å². The molecule has 1 unspecified atom stereocenters. The number of tetrazole rings is 1. The molecule has 142 valence electrons. The van der Waals surface area contributed by atoms with E-state index < -0.39 is 6.04 Å². The van der Waals surface area contributed by atoms with Crippen molar-refractivity contribution in [3.05, 3.63) is 78.8 Å². The van der Waals surface area contributed by atoms with Gasteiger partial charge in [-0.2, -0.15) is 0 Å². The Hall–Kier alpha value is -3.48. The molecule has 1 N–H and O–H groups in total. The second-order valence-electron chi connectivity index (χ2n) is 6.71. The summed E-state index contributed by atoms with van der Waals surface area (Å²) in [7, 11) is 0. The van der Waals surface area contributed by atoms with Gasteiger partial charge in [0.1, 0.15) is 12.4 Å². The highest BCUT2D eigenvalue weighted by Crippen LogP contribution is 2.16. The number of nitrogens with zero attached hydrogens (tertiary/aromatic N) is 5. The molecule has 0 saturated carbocycles. The monoisotopic (exact) mass is 374 g/mol. The molecule has 7 heteroatoms. The number of carbonyl (C=O) groups excluding carboxylic acids is 1. The topological polar surface area (TPSA) is 77.6 Å². The average molecular weight is 374 g/mol. The van der Waals surface area contributed by atoms with Gasteiger partial charge < -0.3 is 9.88 Å². The third-order valence-electron chi connectivity index (χ3n) is 4.81. The summed E-state index contributed by atoms with van der Waals surface area (Å²) in [4.78, 5) is 12.8. The molecule has 0 radical (unpaired) electrons. The number of rotatable bonds is 8. The number of hydrogen-bond acceptors (Lipinski definition) is 4. The molecule has 0 bridgehead atoms. The highest BCUT2D eigenvalue weighted by molar-refractivity contribution is 5.80. The second-order valence-corrected chi connectivity index (χ2v) is 6.71. The summed E-state index contributed by atoms with van der Waals surface area (Å²) in [6, 6.07) is 19.8. The van der Waals surface area contributed by atoms with Crippen molar-refractivity contribution in [1.82, 2.24) is 30.1 Å². The van der Waals surface area contributed by atoms with Crippen molar-refractivity contribution in [2.75, 3.05) is 6.54 Å². The minimum atomic E-state index is -0.468. The largest absolute Gasteiger partial charge is 0.354 e. The lowest BCUT2D eigenvalue weighted by Gasteiger charge is -2.16. The van der Waals surface area contributed by atoms with Gasteiger partial charge in [0.25, 0.3) is 0 Å². The first-order valence-corrected chi connectivity index (χ1v) is 9.39. The number of aromatic nitrogens is 5. The van der Waals surface area contributed by atoms with Crippen LogP contribution in [0.4, 0.5) is 0 Å². The average Bonchev–Trinajstić information content (AvgIpc) is 3.40. The lowest BCUT2D eigenvalue weighted by molar-refractivity contribution is -0.124. The first kappa shape index (κ1) is 17.9. The Morgan fingerprint density at radius 2 is 1.86 bits per heavy atom. The molecule has 2 aromatic heterocycles. The molecule has 0 spiro atoms. The minimum Gasteiger partial charge on any atom is -0.354 e. The first-order valence-electron chi connectivity index (χ1n) is 9.39. The van der Waals surface area contributed by atoms with E-state index in [0.717, 1.165) is 18.5 Å². The summed E-state index contributed by atoms with van der Waals surface area (Å²) in [6.45, 7) is 1.45. The molecule has 2 heterocycles. The van der Waals surface area contributed by atoms with Crippen molar-refractivity contribution < 1.29 is 4.79 Å². The molecule has 1 atom stereocenters. The number of fused-ring (bicyclic) bond motifs is 1. The van der Waals surface area contributed by atoms with Crippen molar-refractivity contribution >= 4 is 16.8 Å². The molecule has 4 aromatic rings. The van der Waals surface area contributed by atoms with Crippen molar-refractivity contribution in [1.29, 1.82) is 0 Å². The maximum Gasteiger partial charge on any atom is 0.245 e. The van der Waals surface area contributed by atoms with Gasteiger partial charge in [-0.3, -0.25) is 4.79 Å². The van der Waals surface area contributed by atoms with Gasteiger partial charge in [-0.1, -0.05) is 48.5 Å². The highest BCUT2D eigenvalue weighted by atomic mass is 16.2. The molecular weight excluding hydrogens is 352 g/mol. The Morgan fingerprint density at radius 3 is 2.68 bits per heavy atom. The summed E-state index contributed by atoms with van der Waals surface area (Å²) in [5, 5.41) is 15.5. The predicted molar refractivity (Wildman–Crippen MR) is 107 cm³/mol. The molecule has 0 aliphatic carbocycles. The highest BCUT2D eigenvalue weighted by Gasteiger charge is 2.21. The van der Waals surface area contributed by atoms with Crippen LogP contribution in [-0.2, 0) is 17.8 Å². The van der Waals surface area contributed by atoms with Crippen molar-refractivity contribution in [3.63, 3.8) is 0 Å². The van der Waals surface area contributed by atoms with E-state index in [-0.39, 0.29) is 5.91 Å². The van der Waals surface area contributed by atoms with Crippen LogP contribution in [0.25, 0.3) is 10.9 Å². The summed E-state index contributed by atoms with van der Waals surface area (Å²) >= 11 is 0. The fourth-order valence-corrected chi connectivity index (χ4v) is 3.37. The molecule has 1 amide bonds. The van der Waals surface area contributed by atoms with Gasteiger partial charge in [0.05, 0.1) is 0 Å². The summed E-state index contributed by atoms with van der Waals surface area (Å²) in [6.07, 6.45) is 4.96. The van der Waals surface area contributed by atoms with Crippen LogP contribution in [0.3, 0.4) is 0 Å². The standard InChI is InChI=1S/C21H22N6O/c28-21(20(27-16-23-24-25-27)15-17-7-2-1-3-8-17)22-12-6-13-26-14-11-18-9-4-5-10-19(18)26/h1-5,7-11,14,16,20H,6,12-13,15H2,(H,22,28). The SMILES string of the molecule is O=C(NCCCn1ccc2ccccc21)C(Cc1ccccc1)n1cnnn1. The zero-order chi connectivity index (χ0) is 19.2. The van der Waals surface area contributed by atoms with Crippen LogP contribution in [0.15, 0.2) is 73.2 Å². The van der Waals surface area contributed by atoms with Crippen LogP contribution in [0.1, 0.15) is 18.0 Å². The van der Waals surface area contributed by atoms with Crippen molar-refractivity contribution in [2.45, 2.75) is 25.4 Å². The van der Waals surface area contributed by atoms with E-state index in [2.05, 4.69) is 49.8 Å². The number of benzene rings is 2. The Morgan fingerprint density at radius 1 is 1.04 bits per heavy atom. The van der Waals surface area contributed by atoms with Crippen LogP contribution >= 0.6 is 0 Å². The Balaban J connectivity index is 1.35. The van der Waals surface area contributed by atoms with Gasteiger partial charge in [-0.05, 0) is 39.9 Å². The Kier molecular flexibility index (Phi) is 5.42. The normalized spacial score (nSPS) is 12.1. The number of hydrogen-bond donors (Lipinski definition) is 1. The van der Waals surface area contributed by atoms with Crippen LogP contribution in [0.2, 0.25) is 0 Å². The molecule has 28 heavy (non-hydrogen) atoms. The van der Waals surface area contributed by atoms with E-state index in [1.807, 2.05) is 42.5 Å². The third-order valence-corrected chi connectivity index (χ3v) is 4.81. The number of aryl methyl sites for hydroxylation is 1. The van der Waals surface area contributed by atoms with Crippen LogP contribution < -0.4 is 5.32 Å². The summed E-state index contributed by atoms with van der Waals surface area (Å²) in [5.41, 5.74) is 2.28. The zero-order valence-electron chi connectivity index (χ0n) is 15.5. The van der Waals surface area contributed by atoms with E-state index in [4.69, 9.17) is 0 Å². The van der Waals surface area contributed by atoms with Crippen LogP contribution in [0, 0.1) is 0 Å². The molecule has 4 rings (SSSR count). The van der Waals surface area contributed by atoms with Crippen LogP contribution in [-0.4, -0.2) is 37.2 Å². The van der Waals surface area contributed by atoms with Gasteiger partial charge in [0.15, 0.2) is 0 Å². The number of amides is 1. The maximum absolute atomic E-state index is 12.8. The number of nitrogens with one attached hydrogen (secondary N) is 1. The predicted octanol–water partition coefficient (Wildman–Crippen LogP) is 2.62. The molecule has 0 aliphatic heterocycles. The smallest absolute Gasteiger partial charge is 0.245 e. The maximum atomic E-state index is 12.8. The van der Waals surface area contributed by atoms with Crippen LogP contribution in [0.5, 0.6) is 0 Å². The van der Waals surface area contributed by atoms with E-state index in [0.29, 0.717) is 13.0 Å². The van der Waals surface area contributed by atoms with Gasteiger partial charge in [-0.15, -0.1) is 5.10 Å². The number of para-hydroxylation sites is 1. The van der Waals surface area contributed by atoms with E-state index in [1.54, 1.807) is 0 Å². The third kappa shape index (κ3) is 4.09. The van der Waals surface area contributed by atoms with Gasteiger partial charge in [0, 0.05) is 31.2 Å². The minimum absolute atomic E-state index is 0.0754. The lowest BCUT2D eigenvalue weighted by atomic mass is 10.1. The fourth-order valence-electron chi connectivity index (χ4n) is 3.37. The molecule has 7 nitrogen and oxygen atoms in total. The van der Waals surface area contributed by atoms with Gasteiger partial charge >= 0.3 is 0 Å². The van der Waals surface area contributed by atoms with Gasteiger partial charge in [-0.25, -0.2) is 4.68 Å². The van der Waals surface area contributed by atoms with Gasteiger partial charge in [0.2, 0.25) is 5.91 Å². The summed E-state index contributed by atoms with van der Waals surface area (Å²) in [5.74, 6) is -0.0754. The lowest BCUT2D eigenvalue weighted by Crippen LogP contribution is -2.35. The van der Waals surface area contributed by atoms with Crippen molar-refractivity contribution in [2.24, 2.45) is 0 Å². The quantitative estimate of drug-likeness (QED) is 0.481. The number of carbonyl (C=O) groups is 1. The second kappa shape index (κ2) is 8.47.